The van der Waals surface area contributed by atoms with Gasteiger partial charge in [-0.3, -0.25) is 14.1 Å². The third-order valence-electron chi connectivity index (χ3n) is 4.30. The van der Waals surface area contributed by atoms with Gasteiger partial charge in [0.05, 0.1) is 10.4 Å². The van der Waals surface area contributed by atoms with Crippen molar-refractivity contribution in [3.8, 4) is 0 Å². The van der Waals surface area contributed by atoms with E-state index in [1.165, 1.54) is 52.4 Å². The molecule has 0 aliphatic carbocycles. The number of aromatic nitrogens is 2. The summed E-state index contributed by atoms with van der Waals surface area (Å²) in [5, 5.41) is 5.04. The number of carbonyl (C=O) groups is 1. The summed E-state index contributed by atoms with van der Waals surface area (Å²) in [4.78, 5) is 28.2. The number of aryl methyl sites for hydroxylation is 1. The number of sulfonamides is 1. The summed E-state index contributed by atoms with van der Waals surface area (Å²) in [6.07, 6.45) is 1.51. The maximum atomic E-state index is 12.3. The first-order valence-corrected chi connectivity index (χ1v) is 11.7. The number of halogens is 1. The fraction of sp³-hybridized carbons (Fsp3) is 0.105. The number of benzene rings is 2. The van der Waals surface area contributed by atoms with Gasteiger partial charge >= 0.3 is 5.76 Å². The third-order valence-corrected chi connectivity index (χ3v) is 6.70. The minimum Gasteiger partial charge on any atom is -0.408 e. The summed E-state index contributed by atoms with van der Waals surface area (Å²) in [6.45, 7) is 0.115. The van der Waals surface area contributed by atoms with Crippen LogP contribution in [0.5, 0.6) is 0 Å². The Bertz CT molecular complexity index is 1390. The summed E-state index contributed by atoms with van der Waals surface area (Å²) in [7, 11) is -3.77. The number of carbonyl (C=O) groups excluding carboxylic acids is 1. The van der Waals surface area contributed by atoms with Gasteiger partial charge in [0.1, 0.15) is 0 Å². The molecule has 160 valence electrons. The molecule has 31 heavy (non-hydrogen) atoms. The van der Waals surface area contributed by atoms with Crippen molar-refractivity contribution in [3.63, 3.8) is 0 Å². The van der Waals surface area contributed by atoms with E-state index in [1.807, 2.05) is 0 Å². The van der Waals surface area contributed by atoms with Crippen molar-refractivity contribution >= 4 is 60.8 Å². The van der Waals surface area contributed by atoms with E-state index in [0.717, 1.165) is 0 Å². The first-order valence-electron chi connectivity index (χ1n) is 8.93. The molecule has 12 heteroatoms. The lowest BCUT2D eigenvalue weighted by Crippen LogP contribution is -2.20. The Morgan fingerprint density at radius 3 is 2.68 bits per heavy atom. The smallest absolute Gasteiger partial charge is 0.408 e. The molecule has 2 heterocycles. The van der Waals surface area contributed by atoms with Gasteiger partial charge in [0.15, 0.2) is 10.7 Å². The molecule has 9 nitrogen and oxygen atoms in total. The van der Waals surface area contributed by atoms with Crippen LogP contribution < -0.4 is 15.8 Å². The van der Waals surface area contributed by atoms with Gasteiger partial charge in [0.25, 0.3) is 10.0 Å². The Morgan fingerprint density at radius 2 is 1.97 bits per heavy atom. The van der Waals surface area contributed by atoms with Crippen molar-refractivity contribution in [1.82, 2.24) is 9.55 Å². The zero-order chi connectivity index (χ0) is 22.0. The average Bonchev–Trinajstić information content (AvgIpc) is 3.33. The maximum Gasteiger partial charge on any atom is 0.419 e. The number of amides is 1. The number of oxazole rings is 1. The van der Waals surface area contributed by atoms with Crippen LogP contribution in [0.3, 0.4) is 0 Å². The van der Waals surface area contributed by atoms with Crippen LogP contribution in [0.25, 0.3) is 11.1 Å². The Morgan fingerprint density at radius 1 is 1.19 bits per heavy atom. The Labute approximate surface area is 185 Å². The summed E-state index contributed by atoms with van der Waals surface area (Å²) < 4.78 is 33.6. The molecule has 2 N–H and O–H groups in total. The van der Waals surface area contributed by atoms with Gasteiger partial charge < -0.3 is 9.73 Å². The normalized spacial score (nSPS) is 11.5. The molecule has 0 fully saturated rings. The number of nitrogens with zero attached hydrogens (tertiary/aromatic N) is 2. The molecule has 2 aromatic heterocycles. The van der Waals surface area contributed by atoms with Crippen molar-refractivity contribution < 1.29 is 17.6 Å². The summed E-state index contributed by atoms with van der Waals surface area (Å²) in [6, 6.07) is 10.5. The van der Waals surface area contributed by atoms with E-state index >= 15 is 0 Å². The number of hydrogen-bond acceptors (Lipinski definition) is 7. The van der Waals surface area contributed by atoms with Crippen LogP contribution in [-0.2, 0) is 21.4 Å². The zero-order valence-electron chi connectivity index (χ0n) is 15.7. The molecule has 0 saturated carbocycles. The van der Waals surface area contributed by atoms with E-state index in [9.17, 15) is 18.0 Å². The molecule has 4 aromatic rings. The monoisotopic (exact) mass is 478 g/mol. The molecule has 4 rings (SSSR count). The van der Waals surface area contributed by atoms with Gasteiger partial charge in [0, 0.05) is 41.3 Å². The van der Waals surface area contributed by atoms with Crippen molar-refractivity contribution in [2.75, 3.05) is 10.0 Å². The van der Waals surface area contributed by atoms with E-state index in [0.29, 0.717) is 21.8 Å². The van der Waals surface area contributed by atoms with Crippen LogP contribution in [0.4, 0.5) is 10.8 Å². The fourth-order valence-electron chi connectivity index (χ4n) is 2.85. The van der Waals surface area contributed by atoms with Gasteiger partial charge in [-0.2, -0.15) is 0 Å². The molecular formula is C19H15ClN4O5S2. The second-order valence-electron chi connectivity index (χ2n) is 6.40. The van der Waals surface area contributed by atoms with Crippen LogP contribution in [0, 0.1) is 0 Å². The van der Waals surface area contributed by atoms with Gasteiger partial charge in [-0.25, -0.2) is 18.2 Å². The number of rotatable bonds is 7. The van der Waals surface area contributed by atoms with E-state index in [1.54, 1.807) is 17.5 Å². The minimum absolute atomic E-state index is 0.0167. The maximum absolute atomic E-state index is 12.3. The molecule has 0 spiro atoms. The van der Waals surface area contributed by atoms with Gasteiger partial charge in [-0.05, 0) is 36.4 Å². The molecule has 0 aliphatic rings. The molecule has 0 atom stereocenters. The zero-order valence-corrected chi connectivity index (χ0v) is 18.1. The molecule has 2 aromatic carbocycles. The first kappa shape index (κ1) is 21.1. The van der Waals surface area contributed by atoms with E-state index < -0.39 is 15.8 Å². The average molecular weight is 479 g/mol. The van der Waals surface area contributed by atoms with Crippen LogP contribution in [-0.4, -0.2) is 23.9 Å². The summed E-state index contributed by atoms with van der Waals surface area (Å²) in [5.41, 5.74) is 1.32. The Kier molecular flexibility index (Phi) is 5.81. The van der Waals surface area contributed by atoms with Crippen LogP contribution in [0.1, 0.15) is 6.42 Å². The molecule has 0 unspecified atom stereocenters. The molecule has 0 bridgehead atoms. The van der Waals surface area contributed by atoms with Gasteiger partial charge in [-0.1, -0.05) is 11.6 Å². The highest BCUT2D eigenvalue weighted by Crippen LogP contribution is 2.20. The standard InChI is InChI=1S/C19H15ClN4O5S2/c20-12-1-6-15-16(11-12)29-19(26)24(15)9-7-17(25)22-13-2-4-14(5-3-13)31(27,28)23-18-21-8-10-30-18/h1-6,8,10-11H,7,9H2,(H,21,23)(H,22,25). The SMILES string of the molecule is O=C(CCn1c(=O)oc2cc(Cl)ccc21)Nc1ccc(S(=O)(=O)Nc2nccs2)cc1. The van der Waals surface area contributed by atoms with E-state index in [2.05, 4.69) is 15.0 Å². The quantitative estimate of drug-likeness (QED) is 0.418. The number of hydrogen-bond donors (Lipinski definition) is 2. The molecule has 1 amide bonds. The number of thiazole rings is 1. The van der Waals surface area contributed by atoms with Gasteiger partial charge in [0.2, 0.25) is 5.91 Å². The number of fused-ring (bicyclic) bond motifs is 1. The van der Waals surface area contributed by atoms with Crippen molar-refractivity contribution in [1.29, 1.82) is 0 Å². The van der Waals surface area contributed by atoms with Crippen LogP contribution in [0.15, 0.2) is 68.1 Å². The predicted molar refractivity (Wildman–Crippen MR) is 118 cm³/mol. The second kappa shape index (κ2) is 8.53. The predicted octanol–water partition coefficient (Wildman–Crippen LogP) is 3.53. The largest absolute Gasteiger partial charge is 0.419 e. The highest BCUT2D eigenvalue weighted by Gasteiger charge is 2.16. The minimum atomic E-state index is -3.77. The summed E-state index contributed by atoms with van der Waals surface area (Å²) in [5.74, 6) is -0.918. The lowest BCUT2D eigenvalue weighted by atomic mass is 10.3. The highest BCUT2D eigenvalue weighted by molar-refractivity contribution is 7.93. The van der Waals surface area contributed by atoms with E-state index in [4.69, 9.17) is 16.0 Å². The first-order chi connectivity index (χ1) is 14.8. The second-order valence-corrected chi connectivity index (χ2v) is 9.41. The fourth-order valence-corrected chi connectivity index (χ4v) is 4.80. The summed E-state index contributed by atoms with van der Waals surface area (Å²) >= 11 is 7.06. The molecule has 0 saturated heterocycles. The molecular weight excluding hydrogens is 464 g/mol. The number of anilines is 2. The van der Waals surface area contributed by atoms with Crippen molar-refractivity contribution in [3.05, 3.63) is 69.6 Å². The van der Waals surface area contributed by atoms with E-state index in [-0.39, 0.29) is 28.9 Å². The van der Waals surface area contributed by atoms with Crippen molar-refractivity contribution in [2.24, 2.45) is 0 Å². The highest BCUT2D eigenvalue weighted by atomic mass is 35.5. The molecule has 0 aliphatic heterocycles. The lowest BCUT2D eigenvalue weighted by molar-refractivity contribution is -0.116. The Balaban J connectivity index is 1.39. The third kappa shape index (κ3) is 4.79. The van der Waals surface area contributed by atoms with Crippen LogP contribution in [0.2, 0.25) is 5.02 Å². The Hall–Kier alpha value is -3.15. The lowest BCUT2D eigenvalue weighted by Gasteiger charge is -2.08. The topological polar surface area (TPSA) is 123 Å². The van der Waals surface area contributed by atoms with Crippen molar-refractivity contribution in [2.45, 2.75) is 17.9 Å². The van der Waals surface area contributed by atoms with Gasteiger partial charge in [-0.15, -0.1) is 11.3 Å². The van der Waals surface area contributed by atoms with Crippen LogP contribution >= 0.6 is 22.9 Å². The molecule has 0 radical (unpaired) electrons. The number of nitrogens with one attached hydrogen (secondary N) is 2.